The number of rotatable bonds is 6. The monoisotopic (exact) mass is 240 g/mol. The van der Waals surface area contributed by atoms with Crippen LogP contribution in [0.4, 0.5) is 4.39 Å². The van der Waals surface area contributed by atoms with E-state index in [0.717, 1.165) is 6.29 Å². The van der Waals surface area contributed by atoms with Gasteiger partial charge in [-0.25, -0.2) is 4.39 Å². The van der Waals surface area contributed by atoms with Crippen LogP contribution in [0.25, 0.3) is 0 Å². The normalized spacial score (nSPS) is 12.2. The summed E-state index contributed by atoms with van der Waals surface area (Å²) in [6, 6.07) is 3.45. The van der Waals surface area contributed by atoms with E-state index in [0.29, 0.717) is 17.5 Å². The van der Waals surface area contributed by atoms with Gasteiger partial charge in [0.05, 0.1) is 13.7 Å². The van der Waals surface area contributed by atoms with Crippen LogP contribution < -0.4 is 4.74 Å². The maximum absolute atomic E-state index is 14.0. The van der Waals surface area contributed by atoms with Gasteiger partial charge in [0.25, 0.3) is 0 Å². The molecule has 0 fully saturated rings. The average Bonchev–Trinajstić information content (AvgIpc) is 2.32. The van der Waals surface area contributed by atoms with E-state index in [4.69, 9.17) is 9.47 Å². The minimum Gasteiger partial charge on any atom is -0.493 e. The molecule has 0 radical (unpaired) electrons. The van der Waals surface area contributed by atoms with E-state index in [1.807, 2.05) is 6.92 Å². The van der Waals surface area contributed by atoms with Crippen molar-refractivity contribution in [3.63, 3.8) is 0 Å². The molecule has 0 heterocycles. The first-order valence-electron chi connectivity index (χ1n) is 5.43. The molecule has 94 valence electrons. The van der Waals surface area contributed by atoms with Gasteiger partial charge in [0.15, 0.2) is 11.6 Å². The van der Waals surface area contributed by atoms with E-state index >= 15 is 0 Å². The molecular formula is C13H17FO3. The Morgan fingerprint density at radius 1 is 1.41 bits per heavy atom. The van der Waals surface area contributed by atoms with E-state index in [9.17, 15) is 9.18 Å². The fourth-order valence-corrected chi connectivity index (χ4v) is 1.75. The maximum atomic E-state index is 14.0. The molecule has 1 aromatic rings. The molecule has 0 spiro atoms. The van der Waals surface area contributed by atoms with Gasteiger partial charge >= 0.3 is 0 Å². The summed E-state index contributed by atoms with van der Waals surface area (Å²) in [7, 11) is 2.93. The van der Waals surface area contributed by atoms with Crippen LogP contribution in [0.15, 0.2) is 12.1 Å². The van der Waals surface area contributed by atoms with Gasteiger partial charge in [0.2, 0.25) is 0 Å². The van der Waals surface area contributed by atoms with Crippen LogP contribution in [0.2, 0.25) is 0 Å². The zero-order chi connectivity index (χ0) is 12.8. The highest BCUT2D eigenvalue weighted by molar-refractivity contribution is 5.53. The lowest BCUT2D eigenvalue weighted by atomic mass is 9.96. The first-order chi connectivity index (χ1) is 8.15. The summed E-state index contributed by atoms with van der Waals surface area (Å²) in [4.78, 5) is 10.5. The molecule has 0 aliphatic rings. The molecule has 0 aliphatic heterocycles. The SMILES string of the molecule is COCc1ccc(C(C)CC=O)c(OC)c1F. The minimum absolute atomic E-state index is 0.0615. The van der Waals surface area contributed by atoms with Crippen LogP contribution in [0.1, 0.15) is 30.4 Å². The molecule has 1 unspecified atom stereocenters. The van der Waals surface area contributed by atoms with Crippen LogP contribution in [0, 0.1) is 5.82 Å². The second-order valence-electron chi connectivity index (χ2n) is 3.90. The Balaban J connectivity index is 3.15. The third-order valence-corrected chi connectivity index (χ3v) is 2.69. The summed E-state index contributed by atoms with van der Waals surface area (Å²) in [6.45, 7) is 2.06. The first-order valence-corrected chi connectivity index (χ1v) is 5.43. The average molecular weight is 240 g/mol. The smallest absolute Gasteiger partial charge is 0.170 e. The second kappa shape index (κ2) is 6.35. The van der Waals surface area contributed by atoms with Gasteiger partial charge in [0, 0.05) is 24.7 Å². The fraction of sp³-hybridized carbons (Fsp3) is 0.462. The number of carbonyl (C=O) groups excluding carboxylic acids is 1. The van der Waals surface area contributed by atoms with Crippen molar-refractivity contribution in [2.45, 2.75) is 25.9 Å². The highest BCUT2D eigenvalue weighted by atomic mass is 19.1. The van der Waals surface area contributed by atoms with Gasteiger partial charge in [0.1, 0.15) is 6.29 Å². The number of aldehydes is 1. The van der Waals surface area contributed by atoms with Crippen molar-refractivity contribution in [1.82, 2.24) is 0 Å². The topological polar surface area (TPSA) is 35.5 Å². The van der Waals surface area contributed by atoms with Crippen molar-refractivity contribution in [2.75, 3.05) is 14.2 Å². The zero-order valence-electron chi connectivity index (χ0n) is 10.3. The van der Waals surface area contributed by atoms with Gasteiger partial charge in [-0.05, 0) is 5.92 Å². The van der Waals surface area contributed by atoms with E-state index in [-0.39, 0.29) is 18.3 Å². The Morgan fingerprint density at radius 3 is 2.65 bits per heavy atom. The molecule has 0 bridgehead atoms. The lowest BCUT2D eigenvalue weighted by molar-refractivity contribution is -0.108. The first kappa shape index (κ1) is 13.6. The molecule has 4 heteroatoms. The molecule has 1 atom stereocenters. The predicted octanol–water partition coefficient (Wildman–Crippen LogP) is 2.67. The van der Waals surface area contributed by atoms with Gasteiger partial charge in [-0.3, -0.25) is 0 Å². The Kier molecular flexibility index (Phi) is 5.10. The van der Waals surface area contributed by atoms with Crippen molar-refractivity contribution in [1.29, 1.82) is 0 Å². The van der Waals surface area contributed by atoms with Crippen molar-refractivity contribution in [3.8, 4) is 5.75 Å². The number of methoxy groups -OCH3 is 2. The number of carbonyl (C=O) groups is 1. The molecule has 0 aromatic heterocycles. The van der Waals surface area contributed by atoms with E-state index in [2.05, 4.69) is 0 Å². The zero-order valence-corrected chi connectivity index (χ0v) is 10.3. The van der Waals surface area contributed by atoms with Crippen molar-refractivity contribution in [2.24, 2.45) is 0 Å². The van der Waals surface area contributed by atoms with Gasteiger partial charge in [-0.15, -0.1) is 0 Å². The Hall–Kier alpha value is -1.42. The largest absolute Gasteiger partial charge is 0.493 e. The van der Waals surface area contributed by atoms with Crippen LogP contribution in [0.3, 0.4) is 0 Å². The molecule has 1 rings (SSSR count). The van der Waals surface area contributed by atoms with Crippen LogP contribution in [-0.4, -0.2) is 20.5 Å². The predicted molar refractivity (Wildman–Crippen MR) is 62.8 cm³/mol. The van der Waals surface area contributed by atoms with Crippen molar-refractivity contribution in [3.05, 3.63) is 29.1 Å². The quantitative estimate of drug-likeness (QED) is 0.717. The summed E-state index contributed by atoms with van der Waals surface area (Å²) < 4.78 is 24.0. The lowest BCUT2D eigenvalue weighted by Gasteiger charge is -2.16. The standard InChI is InChI=1S/C13H17FO3/c1-9(6-7-15)11-5-4-10(8-16-2)12(14)13(11)17-3/h4-5,7,9H,6,8H2,1-3H3. The minimum atomic E-state index is -0.412. The maximum Gasteiger partial charge on any atom is 0.170 e. The van der Waals surface area contributed by atoms with Crippen molar-refractivity contribution >= 4 is 6.29 Å². The summed E-state index contributed by atoms with van der Waals surface area (Å²) >= 11 is 0. The number of benzene rings is 1. The van der Waals surface area contributed by atoms with Gasteiger partial charge in [-0.1, -0.05) is 19.1 Å². The van der Waals surface area contributed by atoms with Crippen molar-refractivity contribution < 1.29 is 18.7 Å². The second-order valence-corrected chi connectivity index (χ2v) is 3.90. The van der Waals surface area contributed by atoms with Crippen LogP contribution >= 0.6 is 0 Å². The summed E-state index contributed by atoms with van der Waals surface area (Å²) in [5.74, 6) is -0.271. The Labute approximate surface area is 101 Å². The Bertz CT molecular complexity index is 390. The van der Waals surface area contributed by atoms with Crippen LogP contribution in [0.5, 0.6) is 5.75 Å². The third kappa shape index (κ3) is 3.03. The number of hydrogen-bond acceptors (Lipinski definition) is 3. The lowest BCUT2D eigenvalue weighted by Crippen LogP contribution is -2.04. The third-order valence-electron chi connectivity index (χ3n) is 2.69. The number of ether oxygens (including phenoxy) is 2. The highest BCUT2D eigenvalue weighted by Crippen LogP contribution is 2.32. The molecule has 0 amide bonds. The summed E-state index contributed by atoms with van der Waals surface area (Å²) in [6.07, 6.45) is 1.17. The highest BCUT2D eigenvalue weighted by Gasteiger charge is 2.17. The van der Waals surface area contributed by atoms with Gasteiger partial charge in [-0.2, -0.15) is 0 Å². The van der Waals surface area contributed by atoms with Crippen LogP contribution in [-0.2, 0) is 16.1 Å². The molecule has 0 aliphatic carbocycles. The molecule has 3 nitrogen and oxygen atoms in total. The molecule has 0 saturated heterocycles. The van der Waals surface area contributed by atoms with Gasteiger partial charge < -0.3 is 14.3 Å². The molecule has 17 heavy (non-hydrogen) atoms. The van der Waals surface area contributed by atoms with E-state index in [1.165, 1.54) is 14.2 Å². The number of hydrogen-bond donors (Lipinski definition) is 0. The molecule has 0 N–H and O–H groups in total. The molecular weight excluding hydrogens is 223 g/mol. The molecule has 1 aromatic carbocycles. The van der Waals surface area contributed by atoms with E-state index < -0.39 is 5.82 Å². The number of halogens is 1. The summed E-state index contributed by atoms with van der Waals surface area (Å²) in [5, 5.41) is 0. The fourth-order valence-electron chi connectivity index (χ4n) is 1.75. The van der Waals surface area contributed by atoms with E-state index in [1.54, 1.807) is 12.1 Å². The summed E-state index contributed by atoms with van der Waals surface area (Å²) in [5.41, 5.74) is 1.16. The molecule has 0 saturated carbocycles. The Morgan fingerprint density at radius 2 is 2.12 bits per heavy atom.